The summed E-state index contributed by atoms with van der Waals surface area (Å²) in [5.74, 6) is -2.72. The van der Waals surface area contributed by atoms with Crippen LogP contribution in [0.4, 0.5) is 8.78 Å². The Morgan fingerprint density at radius 3 is 2.58 bits per heavy atom. The maximum absolute atomic E-state index is 13.1. The van der Waals surface area contributed by atoms with Crippen LogP contribution in [0.3, 0.4) is 0 Å². The molecular weight excluding hydrogens is 252 g/mol. The molecule has 2 N–H and O–H groups in total. The van der Waals surface area contributed by atoms with Crippen LogP contribution in [0.15, 0.2) is 18.2 Å². The Bertz CT molecular complexity index is 437. The molecule has 0 radical (unpaired) electrons. The molecule has 1 aromatic carbocycles. The van der Waals surface area contributed by atoms with Crippen molar-refractivity contribution in [2.45, 2.75) is 45.2 Å². The zero-order chi connectivity index (χ0) is 14.4. The van der Waals surface area contributed by atoms with Crippen LogP contribution in [0.2, 0.25) is 0 Å². The molecular formula is C14H19F2NO2. The SMILES string of the molecule is CCC(C)NC(CC(=O)O)Cc1ccc(F)c(F)c1. The largest absolute Gasteiger partial charge is 0.481 e. The fourth-order valence-electron chi connectivity index (χ4n) is 1.87. The van der Waals surface area contributed by atoms with Gasteiger partial charge in [-0.2, -0.15) is 0 Å². The number of carboxylic acids is 1. The van der Waals surface area contributed by atoms with Crippen LogP contribution >= 0.6 is 0 Å². The van der Waals surface area contributed by atoms with Crippen LogP contribution in [0, 0.1) is 11.6 Å². The molecule has 1 aromatic rings. The Morgan fingerprint density at radius 2 is 2.05 bits per heavy atom. The highest BCUT2D eigenvalue weighted by Crippen LogP contribution is 2.12. The minimum absolute atomic E-state index is 0.0522. The van der Waals surface area contributed by atoms with E-state index in [-0.39, 0.29) is 18.5 Å². The summed E-state index contributed by atoms with van der Waals surface area (Å²) in [6, 6.07) is 3.53. The van der Waals surface area contributed by atoms with Gasteiger partial charge < -0.3 is 10.4 Å². The maximum Gasteiger partial charge on any atom is 0.304 e. The lowest BCUT2D eigenvalue weighted by atomic mass is 10.0. The molecule has 0 saturated carbocycles. The number of nitrogens with one attached hydrogen (secondary N) is 1. The molecule has 19 heavy (non-hydrogen) atoms. The summed E-state index contributed by atoms with van der Waals surface area (Å²) in [6.45, 7) is 3.95. The molecule has 0 aliphatic heterocycles. The predicted molar refractivity (Wildman–Crippen MR) is 69.0 cm³/mol. The molecule has 5 heteroatoms. The summed E-state index contributed by atoms with van der Waals surface area (Å²) in [6.07, 6.45) is 1.17. The van der Waals surface area contributed by atoms with Crippen LogP contribution in [0.5, 0.6) is 0 Å². The standard InChI is InChI=1S/C14H19F2NO2/c1-3-9(2)17-11(8-14(18)19)6-10-4-5-12(15)13(16)7-10/h4-5,7,9,11,17H,3,6,8H2,1-2H3,(H,18,19). The highest BCUT2D eigenvalue weighted by Gasteiger charge is 2.16. The van der Waals surface area contributed by atoms with E-state index in [2.05, 4.69) is 5.32 Å². The van der Waals surface area contributed by atoms with E-state index in [4.69, 9.17) is 5.11 Å². The van der Waals surface area contributed by atoms with Gasteiger partial charge >= 0.3 is 5.97 Å². The van der Waals surface area contributed by atoms with Gasteiger partial charge in [-0.3, -0.25) is 4.79 Å². The van der Waals surface area contributed by atoms with Crippen LogP contribution < -0.4 is 5.32 Å². The highest BCUT2D eigenvalue weighted by atomic mass is 19.2. The van der Waals surface area contributed by atoms with Gasteiger partial charge in [-0.05, 0) is 37.5 Å². The average molecular weight is 271 g/mol. The molecule has 0 saturated heterocycles. The summed E-state index contributed by atoms with van der Waals surface area (Å²) in [7, 11) is 0. The number of carboxylic acid groups (broad SMARTS) is 1. The van der Waals surface area contributed by atoms with Crippen molar-refractivity contribution in [3.05, 3.63) is 35.4 Å². The first-order valence-corrected chi connectivity index (χ1v) is 6.34. The summed E-state index contributed by atoms with van der Waals surface area (Å²) in [5.41, 5.74) is 0.584. The Labute approximate surface area is 111 Å². The Morgan fingerprint density at radius 1 is 1.37 bits per heavy atom. The van der Waals surface area contributed by atoms with Crippen LogP contribution in [-0.4, -0.2) is 23.2 Å². The van der Waals surface area contributed by atoms with E-state index in [0.29, 0.717) is 12.0 Å². The quantitative estimate of drug-likeness (QED) is 0.801. The molecule has 1 rings (SSSR count). The van der Waals surface area contributed by atoms with E-state index < -0.39 is 17.6 Å². The van der Waals surface area contributed by atoms with Gasteiger partial charge in [-0.1, -0.05) is 13.0 Å². The van der Waals surface area contributed by atoms with Crippen molar-refractivity contribution in [3.8, 4) is 0 Å². The van der Waals surface area contributed by atoms with Gasteiger partial charge in [-0.15, -0.1) is 0 Å². The van der Waals surface area contributed by atoms with E-state index in [1.807, 2.05) is 13.8 Å². The average Bonchev–Trinajstić information content (AvgIpc) is 2.32. The second kappa shape index (κ2) is 7.19. The lowest BCUT2D eigenvalue weighted by Crippen LogP contribution is -2.39. The second-order valence-electron chi connectivity index (χ2n) is 4.72. The molecule has 2 unspecified atom stereocenters. The number of rotatable bonds is 7. The molecule has 0 heterocycles. The Balaban J connectivity index is 2.74. The number of hydrogen-bond donors (Lipinski definition) is 2. The third-order valence-electron chi connectivity index (χ3n) is 3.02. The van der Waals surface area contributed by atoms with Gasteiger partial charge in [0.2, 0.25) is 0 Å². The minimum atomic E-state index is -0.914. The zero-order valence-corrected chi connectivity index (χ0v) is 11.1. The minimum Gasteiger partial charge on any atom is -0.481 e. The fraction of sp³-hybridized carbons (Fsp3) is 0.500. The van der Waals surface area contributed by atoms with Crippen molar-refractivity contribution in [2.75, 3.05) is 0 Å². The van der Waals surface area contributed by atoms with Crippen LogP contribution in [0.1, 0.15) is 32.3 Å². The third kappa shape index (κ3) is 5.34. The van der Waals surface area contributed by atoms with Crippen molar-refractivity contribution in [1.82, 2.24) is 5.32 Å². The molecule has 106 valence electrons. The highest BCUT2D eigenvalue weighted by molar-refractivity contribution is 5.67. The number of hydrogen-bond acceptors (Lipinski definition) is 2. The van der Waals surface area contributed by atoms with Crippen molar-refractivity contribution in [3.63, 3.8) is 0 Å². The molecule has 0 spiro atoms. The molecule has 0 amide bonds. The monoisotopic (exact) mass is 271 g/mol. The molecule has 0 bridgehead atoms. The zero-order valence-electron chi connectivity index (χ0n) is 11.1. The number of benzene rings is 1. The Hall–Kier alpha value is -1.49. The smallest absolute Gasteiger partial charge is 0.304 e. The fourth-order valence-corrected chi connectivity index (χ4v) is 1.87. The van der Waals surface area contributed by atoms with Crippen molar-refractivity contribution in [1.29, 1.82) is 0 Å². The van der Waals surface area contributed by atoms with Gasteiger partial charge in [-0.25, -0.2) is 8.78 Å². The van der Waals surface area contributed by atoms with Gasteiger partial charge in [0, 0.05) is 12.1 Å². The van der Waals surface area contributed by atoms with Crippen molar-refractivity contribution >= 4 is 5.97 Å². The summed E-state index contributed by atoms with van der Waals surface area (Å²) < 4.78 is 25.9. The second-order valence-corrected chi connectivity index (χ2v) is 4.72. The summed E-state index contributed by atoms with van der Waals surface area (Å²) in [5, 5.41) is 12.1. The molecule has 2 atom stereocenters. The molecule has 0 aliphatic rings. The van der Waals surface area contributed by atoms with E-state index in [1.54, 1.807) is 0 Å². The maximum atomic E-state index is 13.1. The van der Waals surface area contributed by atoms with Gasteiger partial charge in [0.1, 0.15) is 0 Å². The topological polar surface area (TPSA) is 49.3 Å². The number of carbonyl (C=O) groups is 1. The molecule has 3 nitrogen and oxygen atoms in total. The normalized spacial score (nSPS) is 14.1. The summed E-state index contributed by atoms with van der Waals surface area (Å²) >= 11 is 0. The third-order valence-corrected chi connectivity index (χ3v) is 3.02. The first-order chi connectivity index (χ1) is 8.92. The van der Waals surface area contributed by atoms with Crippen LogP contribution in [-0.2, 0) is 11.2 Å². The lowest BCUT2D eigenvalue weighted by Gasteiger charge is -2.21. The van der Waals surface area contributed by atoms with E-state index >= 15 is 0 Å². The van der Waals surface area contributed by atoms with E-state index in [9.17, 15) is 13.6 Å². The first-order valence-electron chi connectivity index (χ1n) is 6.34. The van der Waals surface area contributed by atoms with Crippen LogP contribution in [0.25, 0.3) is 0 Å². The first kappa shape index (κ1) is 15.6. The predicted octanol–water partition coefficient (Wildman–Crippen LogP) is 2.74. The molecule has 0 fully saturated rings. The van der Waals surface area contributed by atoms with Gasteiger partial charge in [0.15, 0.2) is 11.6 Å². The van der Waals surface area contributed by atoms with Gasteiger partial charge in [0.05, 0.1) is 6.42 Å². The van der Waals surface area contributed by atoms with E-state index in [1.165, 1.54) is 6.07 Å². The van der Waals surface area contributed by atoms with Crippen molar-refractivity contribution in [2.24, 2.45) is 0 Å². The number of halogens is 2. The number of aliphatic carboxylic acids is 1. The summed E-state index contributed by atoms with van der Waals surface area (Å²) in [4.78, 5) is 10.8. The Kier molecular flexibility index (Phi) is 5.89. The molecule has 0 aliphatic carbocycles. The molecule has 0 aromatic heterocycles. The lowest BCUT2D eigenvalue weighted by molar-refractivity contribution is -0.137. The van der Waals surface area contributed by atoms with Gasteiger partial charge in [0.25, 0.3) is 0 Å². The van der Waals surface area contributed by atoms with Crippen molar-refractivity contribution < 1.29 is 18.7 Å². The van der Waals surface area contributed by atoms with E-state index in [0.717, 1.165) is 18.6 Å².